The van der Waals surface area contributed by atoms with Crippen LogP contribution < -0.4 is 0 Å². The fourth-order valence-corrected chi connectivity index (χ4v) is 4.24. The molecule has 2 atom stereocenters. The van der Waals surface area contributed by atoms with E-state index in [-0.39, 0.29) is 23.6 Å². The zero-order valence-corrected chi connectivity index (χ0v) is 13.1. The van der Waals surface area contributed by atoms with E-state index < -0.39 is 0 Å². The SMILES string of the molecule is CCOC(=O)c1[nH]cc2c1[C@@H]1C(=O)[C@H]2c2cc3ccccc3cc21. The molecule has 0 saturated heterocycles. The largest absolute Gasteiger partial charge is 0.461 e. The number of fused-ring (bicyclic) bond motifs is 9. The van der Waals surface area contributed by atoms with E-state index in [0.717, 1.165) is 33.0 Å². The number of benzene rings is 2. The summed E-state index contributed by atoms with van der Waals surface area (Å²) in [5, 5.41) is 2.26. The maximum Gasteiger partial charge on any atom is 0.355 e. The van der Waals surface area contributed by atoms with Crippen LogP contribution in [0, 0.1) is 0 Å². The summed E-state index contributed by atoms with van der Waals surface area (Å²) >= 11 is 0. The number of ketones is 1. The molecule has 4 heteroatoms. The highest BCUT2D eigenvalue weighted by molar-refractivity contribution is 6.10. The molecule has 3 aromatic rings. The van der Waals surface area contributed by atoms with Crippen molar-refractivity contribution in [3.05, 3.63) is 70.5 Å². The van der Waals surface area contributed by atoms with Crippen LogP contribution in [-0.2, 0) is 9.53 Å². The standard InChI is InChI=1S/C20H15NO3/c1-2-24-20(23)18-16-14(9-21-18)15-12-7-10-5-3-4-6-11(10)8-13(12)17(16)19(15)22/h3-9,15,17,21H,2H2,1H3/t15-,17+/m0/s1. The van der Waals surface area contributed by atoms with E-state index in [4.69, 9.17) is 4.74 Å². The number of esters is 1. The van der Waals surface area contributed by atoms with Crippen LogP contribution in [0.2, 0.25) is 0 Å². The van der Waals surface area contributed by atoms with Crippen LogP contribution in [0.1, 0.15) is 51.5 Å². The number of nitrogens with one attached hydrogen (secondary N) is 1. The quantitative estimate of drug-likeness (QED) is 0.736. The molecule has 5 rings (SSSR count). The van der Waals surface area contributed by atoms with Gasteiger partial charge in [-0.05, 0) is 46.5 Å². The summed E-state index contributed by atoms with van der Waals surface area (Å²) in [5.41, 5.74) is 4.26. The van der Waals surface area contributed by atoms with Crippen molar-refractivity contribution in [1.29, 1.82) is 0 Å². The summed E-state index contributed by atoms with van der Waals surface area (Å²) in [6.07, 6.45) is 1.79. The van der Waals surface area contributed by atoms with E-state index >= 15 is 0 Å². The Balaban J connectivity index is 1.73. The molecule has 0 radical (unpaired) electrons. The van der Waals surface area contributed by atoms with Gasteiger partial charge in [-0.25, -0.2) is 4.79 Å². The van der Waals surface area contributed by atoms with Crippen LogP contribution in [0.25, 0.3) is 10.8 Å². The average Bonchev–Trinajstić information content (AvgIpc) is 3.20. The normalized spacial score (nSPS) is 20.3. The highest BCUT2D eigenvalue weighted by Gasteiger charge is 2.51. The van der Waals surface area contributed by atoms with Gasteiger partial charge in [0.2, 0.25) is 0 Å². The summed E-state index contributed by atoms with van der Waals surface area (Å²) in [6.45, 7) is 2.09. The second kappa shape index (κ2) is 4.57. The van der Waals surface area contributed by atoms with E-state index in [2.05, 4.69) is 29.2 Å². The minimum absolute atomic E-state index is 0.171. The summed E-state index contributed by atoms with van der Waals surface area (Å²) in [5.74, 6) is -0.828. The number of ether oxygens (including phenoxy) is 1. The molecule has 0 aliphatic heterocycles. The van der Waals surface area contributed by atoms with Crippen molar-refractivity contribution in [1.82, 2.24) is 4.98 Å². The molecule has 2 bridgehead atoms. The molecule has 1 N–H and O–H groups in total. The second-order valence-corrected chi connectivity index (χ2v) is 6.35. The Labute approximate surface area is 138 Å². The van der Waals surface area contributed by atoms with Crippen molar-refractivity contribution in [3.63, 3.8) is 0 Å². The first-order chi connectivity index (χ1) is 11.7. The van der Waals surface area contributed by atoms with Gasteiger partial charge in [-0.3, -0.25) is 4.79 Å². The van der Waals surface area contributed by atoms with Crippen molar-refractivity contribution in [3.8, 4) is 0 Å². The van der Waals surface area contributed by atoms with Gasteiger partial charge in [-0.2, -0.15) is 0 Å². The first-order valence-electron chi connectivity index (χ1n) is 8.15. The fraction of sp³-hybridized carbons (Fsp3) is 0.200. The van der Waals surface area contributed by atoms with Gasteiger partial charge in [0.25, 0.3) is 0 Å². The second-order valence-electron chi connectivity index (χ2n) is 6.35. The summed E-state index contributed by atoms with van der Waals surface area (Å²) in [6, 6.07) is 12.3. The van der Waals surface area contributed by atoms with E-state index in [1.165, 1.54) is 0 Å². The molecule has 0 unspecified atom stereocenters. The average molecular weight is 317 g/mol. The zero-order valence-electron chi connectivity index (χ0n) is 13.1. The zero-order chi connectivity index (χ0) is 16.4. The summed E-state index contributed by atoms with van der Waals surface area (Å²) < 4.78 is 5.13. The van der Waals surface area contributed by atoms with Crippen LogP contribution in [0.15, 0.2) is 42.6 Å². The molecule has 0 fully saturated rings. The molecule has 2 aliphatic rings. The van der Waals surface area contributed by atoms with E-state index in [9.17, 15) is 9.59 Å². The maximum absolute atomic E-state index is 12.9. The molecule has 0 amide bonds. The Morgan fingerprint density at radius 1 is 1.08 bits per heavy atom. The first-order valence-corrected chi connectivity index (χ1v) is 8.15. The Kier molecular flexibility index (Phi) is 2.58. The summed E-state index contributed by atoms with van der Waals surface area (Å²) in [7, 11) is 0. The lowest BCUT2D eigenvalue weighted by Crippen LogP contribution is -2.12. The molecular formula is C20H15NO3. The lowest BCUT2D eigenvalue weighted by atomic mass is 9.85. The van der Waals surface area contributed by atoms with Crippen molar-refractivity contribution in [2.45, 2.75) is 18.8 Å². The van der Waals surface area contributed by atoms with Crippen LogP contribution >= 0.6 is 0 Å². The molecule has 24 heavy (non-hydrogen) atoms. The van der Waals surface area contributed by atoms with Crippen LogP contribution in [-0.4, -0.2) is 23.3 Å². The third kappa shape index (κ3) is 1.53. The van der Waals surface area contributed by atoms with E-state index in [1.807, 2.05) is 12.1 Å². The fourth-order valence-electron chi connectivity index (χ4n) is 4.24. The molecular weight excluding hydrogens is 302 g/mol. The molecule has 2 aromatic carbocycles. The number of aromatic nitrogens is 1. The van der Waals surface area contributed by atoms with Gasteiger partial charge in [-0.15, -0.1) is 0 Å². The van der Waals surface area contributed by atoms with E-state index in [1.54, 1.807) is 13.1 Å². The van der Waals surface area contributed by atoms with Crippen LogP contribution in [0.4, 0.5) is 0 Å². The number of rotatable bonds is 2. The molecule has 118 valence electrons. The van der Waals surface area contributed by atoms with Crippen molar-refractivity contribution >= 4 is 22.5 Å². The van der Waals surface area contributed by atoms with Gasteiger partial charge >= 0.3 is 5.97 Å². The molecule has 1 aromatic heterocycles. The third-order valence-electron chi connectivity index (χ3n) is 5.17. The number of aromatic amines is 1. The van der Waals surface area contributed by atoms with Crippen molar-refractivity contribution in [2.24, 2.45) is 0 Å². The minimum Gasteiger partial charge on any atom is -0.461 e. The van der Waals surface area contributed by atoms with Crippen molar-refractivity contribution < 1.29 is 14.3 Å². The lowest BCUT2D eigenvalue weighted by Gasteiger charge is -2.16. The number of hydrogen-bond donors (Lipinski definition) is 1. The van der Waals surface area contributed by atoms with Crippen LogP contribution in [0.3, 0.4) is 0 Å². The Bertz CT molecular complexity index is 1030. The number of Topliss-reactive ketones (excluding diaryl/α,β-unsaturated/α-hetero) is 1. The highest BCUT2D eigenvalue weighted by atomic mass is 16.5. The Hall–Kier alpha value is -2.88. The highest BCUT2D eigenvalue weighted by Crippen LogP contribution is 2.55. The topological polar surface area (TPSA) is 59.2 Å². The molecule has 2 aliphatic carbocycles. The van der Waals surface area contributed by atoms with Gasteiger partial charge in [0.05, 0.1) is 18.4 Å². The number of H-pyrrole nitrogens is 1. The van der Waals surface area contributed by atoms with Gasteiger partial charge < -0.3 is 9.72 Å². The van der Waals surface area contributed by atoms with Crippen LogP contribution in [0.5, 0.6) is 0 Å². The monoisotopic (exact) mass is 317 g/mol. The number of carbonyl (C=O) groups excluding carboxylic acids is 2. The lowest BCUT2D eigenvalue weighted by molar-refractivity contribution is -0.118. The minimum atomic E-state index is -0.388. The maximum atomic E-state index is 12.9. The molecule has 1 heterocycles. The molecule has 0 spiro atoms. The van der Waals surface area contributed by atoms with Gasteiger partial charge in [0.1, 0.15) is 5.69 Å². The Morgan fingerprint density at radius 3 is 2.42 bits per heavy atom. The summed E-state index contributed by atoms with van der Waals surface area (Å²) in [4.78, 5) is 28.1. The first kappa shape index (κ1) is 13.5. The predicted octanol–water partition coefficient (Wildman–Crippen LogP) is 3.50. The number of hydrogen-bond acceptors (Lipinski definition) is 3. The van der Waals surface area contributed by atoms with Gasteiger partial charge in [0, 0.05) is 11.8 Å². The number of carbonyl (C=O) groups is 2. The molecule has 4 nitrogen and oxygen atoms in total. The van der Waals surface area contributed by atoms with Crippen molar-refractivity contribution in [2.75, 3.05) is 6.61 Å². The molecule has 0 saturated carbocycles. The predicted molar refractivity (Wildman–Crippen MR) is 89.4 cm³/mol. The van der Waals surface area contributed by atoms with Gasteiger partial charge in [0.15, 0.2) is 5.78 Å². The smallest absolute Gasteiger partial charge is 0.355 e. The van der Waals surface area contributed by atoms with E-state index in [0.29, 0.717) is 12.3 Å². The third-order valence-corrected chi connectivity index (χ3v) is 5.17. The Morgan fingerprint density at radius 2 is 1.75 bits per heavy atom. The van der Waals surface area contributed by atoms with Gasteiger partial charge in [-0.1, -0.05) is 24.3 Å².